The zero-order valence-corrected chi connectivity index (χ0v) is 14.0. The van der Waals surface area contributed by atoms with Crippen molar-refractivity contribution >= 4 is 11.6 Å². The summed E-state index contributed by atoms with van der Waals surface area (Å²) in [5, 5.41) is 2.98. The molecule has 0 saturated carbocycles. The molecule has 1 aliphatic carbocycles. The number of hydrogen-bond acceptors (Lipinski definition) is 3. The van der Waals surface area contributed by atoms with Crippen molar-refractivity contribution in [3.63, 3.8) is 0 Å². The number of benzene rings is 1. The predicted molar refractivity (Wildman–Crippen MR) is 93.3 cm³/mol. The topological polar surface area (TPSA) is 72.5 Å². The highest BCUT2D eigenvalue weighted by molar-refractivity contribution is 5.92. The first-order valence-electron chi connectivity index (χ1n) is 8.27. The van der Waals surface area contributed by atoms with Gasteiger partial charge in [-0.25, -0.2) is 9.98 Å². The molecule has 8 heteroatoms. The molecule has 3 N–H and O–H groups in total. The van der Waals surface area contributed by atoms with Gasteiger partial charge in [0.25, 0.3) is 0 Å². The molecular weight excluding hydrogens is 345 g/mol. The van der Waals surface area contributed by atoms with Crippen molar-refractivity contribution in [1.29, 1.82) is 0 Å². The van der Waals surface area contributed by atoms with Gasteiger partial charge in [0.15, 0.2) is 5.96 Å². The molecule has 138 valence electrons. The highest BCUT2D eigenvalue weighted by Crippen LogP contribution is 2.34. The zero-order valence-electron chi connectivity index (χ0n) is 14.0. The van der Waals surface area contributed by atoms with E-state index in [0.29, 0.717) is 0 Å². The molecular formula is C18H19F3N4O. The van der Waals surface area contributed by atoms with Gasteiger partial charge in [0, 0.05) is 11.9 Å². The van der Waals surface area contributed by atoms with Gasteiger partial charge < -0.3 is 15.8 Å². The molecule has 1 aromatic carbocycles. The zero-order chi connectivity index (χ0) is 18.6. The monoisotopic (exact) mass is 364 g/mol. The number of hydrogen-bond donors (Lipinski definition) is 2. The van der Waals surface area contributed by atoms with E-state index in [1.165, 1.54) is 23.4 Å². The standard InChI is InChI=1S/C18H19F3N4O/c19-18(20,21)15-5-2-8-23-16(15)26-10-9-24-17(22)25-14-7-6-12-3-1-4-13(12)11-14/h2,5-8,11H,1,3-4,9-10H2,(H3,22,24,25). The molecule has 5 nitrogen and oxygen atoms in total. The average molecular weight is 364 g/mol. The van der Waals surface area contributed by atoms with Crippen LogP contribution in [0.3, 0.4) is 0 Å². The number of nitrogens with one attached hydrogen (secondary N) is 1. The first kappa shape index (κ1) is 18.0. The van der Waals surface area contributed by atoms with Gasteiger partial charge in [-0.15, -0.1) is 0 Å². The Labute approximate surface area is 149 Å². The fraction of sp³-hybridized carbons (Fsp3) is 0.333. The van der Waals surface area contributed by atoms with Crippen molar-refractivity contribution in [2.45, 2.75) is 25.4 Å². The number of aryl methyl sites for hydroxylation is 2. The van der Waals surface area contributed by atoms with Crippen LogP contribution in [0.5, 0.6) is 5.88 Å². The summed E-state index contributed by atoms with van der Waals surface area (Å²) in [5.41, 5.74) is 8.42. The molecule has 0 amide bonds. The molecule has 0 unspecified atom stereocenters. The number of aromatic nitrogens is 1. The Kier molecular flexibility index (Phi) is 5.29. The quantitative estimate of drug-likeness (QED) is 0.485. The van der Waals surface area contributed by atoms with E-state index in [1.54, 1.807) is 0 Å². The SMILES string of the molecule is NC(=NCCOc1ncccc1C(F)(F)F)Nc1ccc2c(c1)CCC2. The highest BCUT2D eigenvalue weighted by Gasteiger charge is 2.34. The van der Waals surface area contributed by atoms with E-state index in [0.717, 1.165) is 31.0 Å². The maximum absolute atomic E-state index is 12.8. The van der Waals surface area contributed by atoms with Gasteiger partial charge in [-0.05, 0) is 54.7 Å². The van der Waals surface area contributed by atoms with Gasteiger partial charge in [-0.3, -0.25) is 0 Å². The number of ether oxygens (including phenoxy) is 1. The number of guanidine groups is 1. The van der Waals surface area contributed by atoms with E-state index in [2.05, 4.69) is 21.4 Å². The molecule has 1 aromatic heterocycles. The molecule has 26 heavy (non-hydrogen) atoms. The first-order chi connectivity index (χ1) is 12.4. The smallest absolute Gasteiger partial charge is 0.421 e. The minimum Gasteiger partial charge on any atom is -0.475 e. The molecule has 3 rings (SSSR count). The van der Waals surface area contributed by atoms with Gasteiger partial charge in [-0.1, -0.05) is 6.07 Å². The Hall–Kier alpha value is -2.77. The van der Waals surface area contributed by atoms with Crippen LogP contribution in [0.1, 0.15) is 23.1 Å². The number of halogens is 3. The summed E-state index contributed by atoms with van der Waals surface area (Å²) < 4.78 is 43.6. The molecule has 2 aromatic rings. The minimum atomic E-state index is -4.51. The van der Waals surface area contributed by atoms with Crippen molar-refractivity contribution < 1.29 is 17.9 Å². The Bertz CT molecular complexity index is 805. The Balaban J connectivity index is 1.53. The second-order valence-electron chi connectivity index (χ2n) is 5.93. The van der Waals surface area contributed by atoms with Crippen molar-refractivity contribution in [1.82, 2.24) is 4.98 Å². The molecule has 1 aliphatic rings. The lowest BCUT2D eigenvalue weighted by atomic mass is 10.1. The fourth-order valence-corrected chi connectivity index (χ4v) is 2.87. The molecule has 0 radical (unpaired) electrons. The molecule has 0 atom stereocenters. The Morgan fingerprint density at radius 2 is 2.04 bits per heavy atom. The number of anilines is 1. The van der Waals surface area contributed by atoms with Crippen LogP contribution in [0.4, 0.5) is 18.9 Å². The number of rotatable bonds is 5. The fourth-order valence-electron chi connectivity index (χ4n) is 2.87. The van der Waals surface area contributed by atoms with Crippen LogP contribution in [0.25, 0.3) is 0 Å². The van der Waals surface area contributed by atoms with Crippen LogP contribution < -0.4 is 15.8 Å². The van der Waals surface area contributed by atoms with E-state index in [4.69, 9.17) is 10.5 Å². The summed E-state index contributed by atoms with van der Waals surface area (Å²) in [7, 11) is 0. The van der Waals surface area contributed by atoms with Gasteiger partial charge in [0.05, 0.1) is 6.54 Å². The number of nitrogens with two attached hydrogens (primary N) is 1. The molecule has 0 fully saturated rings. The number of aliphatic imine (C=N–C) groups is 1. The lowest BCUT2D eigenvalue weighted by molar-refractivity contribution is -0.139. The van der Waals surface area contributed by atoms with E-state index >= 15 is 0 Å². The second-order valence-corrected chi connectivity index (χ2v) is 5.93. The summed E-state index contributed by atoms with van der Waals surface area (Å²) in [4.78, 5) is 7.69. The van der Waals surface area contributed by atoms with E-state index < -0.39 is 17.6 Å². The van der Waals surface area contributed by atoms with Crippen LogP contribution in [0.2, 0.25) is 0 Å². The minimum absolute atomic E-state index is 0.0628. The molecule has 0 aliphatic heterocycles. The number of alkyl halides is 3. The van der Waals surface area contributed by atoms with Crippen LogP contribution in [-0.4, -0.2) is 24.1 Å². The van der Waals surface area contributed by atoms with Crippen LogP contribution in [0.15, 0.2) is 41.5 Å². The first-order valence-corrected chi connectivity index (χ1v) is 8.27. The van der Waals surface area contributed by atoms with Crippen LogP contribution in [-0.2, 0) is 19.0 Å². The summed E-state index contributed by atoms with van der Waals surface area (Å²) in [5.74, 6) is -0.274. The number of nitrogens with zero attached hydrogens (tertiary/aromatic N) is 2. The second kappa shape index (κ2) is 7.63. The van der Waals surface area contributed by atoms with Gasteiger partial charge in [0.2, 0.25) is 5.88 Å². The third-order valence-corrected chi connectivity index (χ3v) is 4.06. The summed E-state index contributed by atoms with van der Waals surface area (Å²) in [6.07, 6.45) is 0.0526. The maximum atomic E-state index is 12.8. The Morgan fingerprint density at radius 3 is 2.85 bits per heavy atom. The van der Waals surface area contributed by atoms with E-state index in [-0.39, 0.29) is 19.1 Å². The Morgan fingerprint density at radius 1 is 1.23 bits per heavy atom. The average Bonchev–Trinajstić information content (AvgIpc) is 3.06. The van der Waals surface area contributed by atoms with E-state index in [1.807, 2.05) is 12.1 Å². The number of fused-ring (bicyclic) bond motifs is 1. The third kappa shape index (κ3) is 4.44. The normalized spacial score (nSPS) is 14.2. The number of pyridine rings is 1. The van der Waals surface area contributed by atoms with Crippen molar-refractivity contribution in [3.8, 4) is 5.88 Å². The van der Waals surface area contributed by atoms with Crippen LogP contribution >= 0.6 is 0 Å². The van der Waals surface area contributed by atoms with Crippen molar-refractivity contribution in [2.75, 3.05) is 18.5 Å². The predicted octanol–water partition coefficient (Wildman–Crippen LogP) is 3.39. The van der Waals surface area contributed by atoms with Gasteiger partial charge >= 0.3 is 6.18 Å². The maximum Gasteiger partial charge on any atom is 0.421 e. The van der Waals surface area contributed by atoms with E-state index in [9.17, 15) is 13.2 Å². The molecule has 0 saturated heterocycles. The largest absolute Gasteiger partial charge is 0.475 e. The van der Waals surface area contributed by atoms with Gasteiger partial charge in [-0.2, -0.15) is 13.2 Å². The summed E-state index contributed by atoms with van der Waals surface area (Å²) in [6.45, 7) is 0.0459. The molecule has 1 heterocycles. The summed E-state index contributed by atoms with van der Waals surface area (Å²) in [6, 6.07) is 8.19. The molecule has 0 bridgehead atoms. The van der Waals surface area contributed by atoms with Gasteiger partial charge in [0.1, 0.15) is 12.2 Å². The lowest BCUT2D eigenvalue weighted by Gasteiger charge is -2.12. The molecule has 0 spiro atoms. The third-order valence-electron chi connectivity index (χ3n) is 4.06. The van der Waals surface area contributed by atoms with Crippen molar-refractivity contribution in [2.24, 2.45) is 10.7 Å². The highest BCUT2D eigenvalue weighted by atomic mass is 19.4. The van der Waals surface area contributed by atoms with Crippen molar-refractivity contribution in [3.05, 3.63) is 53.2 Å². The summed E-state index contributed by atoms with van der Waals surface area (Å²) >= 11 is 0. The van der Waals surface area contributed by atoms with Crippen LogP contribution in [0, 0.1) is 0 Å². The lowest BCUT2D eigenvalue weighted by Crippen LogP contribution is -2.23.